The van der Waals surface area contributed by atoms with E-state index >= 15 is 0 Å². The number of rotatable bonds is 13. The van der Waals surface area contributed by atoms with Gasteiger partial charge in [-0.1, -0.05) is 41.9 Å². The fourth-order valence-corrected chi connectivity index (χ4v) is 11.6. The Hall–Kier alpha value is -6.22. The normalized spacial score (nSPS) is 17.8. The molecule has 342 valence electrons. The number of likely N-dealkylation sites (tertiary alicyclic amines) is 1. The summed E-state index contributed by atoms with van der Waals surface area (Å²) in [4.78, 5) is 75.7. The minimum Gasteiger partial charge on any atom is -0.490 e. The van der Waals surface area contributed by atoms with E-state index in [0.717, 1.165) is 16.9 Å². The number of benzene rings is 3. The number of amides is 4. The number of hydrogen-bond acceptors (Lipinski definition) is 11. The highest BCUT2D eigenvalue weighted by Crippen LogP contribution is 2.46. The third kappa shape index (κ3) is 9.75. The van der Waals surface area contributed by atoms with E-state index in [-0.39, 0.29) is 77.0 Å². The summed E-state index contributed by atoms with van der Waals surface area (Å²) < 4.78 is 43.0. The van der Waals surface area contributed by atoms with Crippen LogP contribution in [0, 0.1) is 0 Å². The number of carbonyl (C=O) groups excluding carboxylic acids is 3. The molecule has 0 bridgehead atoms. The summed E-state index contributed by atoms with van der Waals surface area (Å²) in [6, 6.07) is 18.3. The summed E-state index contributed by atoms with van der Waals surface area (Å²) in [7, 11) is -2.07. The Labute approximate surface area is 381 Å². The minimum absolute atomic E-state index is 0.0277. The molecule has 3 aromatic carbocycles. The predicted octanol–water partition coefficient (Wildman–Crippen LogP) is 5.65. The lowest BCUT2D eigenvalue weighted by molar-refractivity contribution is -0.139. The van der Waals surface area contributed by atoms with E-state index < -0.39 is 40.5 Å². The maximum absolute atomic E-state index is 13.6. The van der Waals surface area contributed by atoms with Crippen LogP contribution in [0.25, 0.3) is 21.5 Å². The minimum atomic E-state index is -3.73. The summed E-state index contributed by atoms with van der Waals surface area (Å²) in [6.07, 6.45) is 2.30. The highest BCUT2D eigenvalue weighted by atomic mass is 35.5. The van der Waals surface area contributed by atoms with Crippen LogP contribution >= 0.6 is 22.9 Å². The number of aromatic carboxylic acids is 1. The zero-order chi connectivity index (χ0) is 46.2. The van der Waals surface area contributed by atoms with Gasteiger partial charge in [-0.15, -0.1) is 11.3 Å². The highest BCUT2D eigenvalue weighted by molar-refractivity contribution is 7.88. The van der Waals surface area contributed by atoms with Crippen LogP contribution in [0.15, 0.2) is 71.5 Å². The van der Waals surface area contributed by atoms with Crippen molar-refractivity contribution in [1.29, 1.82) is 0 Å². The van der Waals surface area contributed by atoms with E-state index in [1.807, 2.05) is 18.2 Å². The summed E-state index contributed by atoms with van der Waals surface area (Å²) in [5.74, 6) is -3.32. The Balaban J connectivity index is 0.830. The van der Waals surface area contributed by atoms with Gasteiger partial charge < -0.3 is 29.9 Å². The van der Waals surface area contributed by atoms with Crippen LogP contribution in [0.5, 0.6) is 11.5 Å². The monoisotopic (exact) mass is 948 g/mol. The fourth-order valence-electron chi connectivity index (χ4n) is 8.64. The summed E-state index contributed by atoms with van der Waals surface area (Å²) in [6.45, 7) is 0.648. The van der Waals surface area contributed by atoms with E-state index in [0.29, 0.717) is 77.2 Å². The molecule has 5 heterocycles. The van der Waals surface area contributed by atoms with Crippen LogP contribution in [0.3, 0.4) is 0 Å². The average molecular weight is 949 g/mol. The molecule has 0 aliphatic carbocycles. The SMILES string of the molecule is Cn1c(=O)n(C2CCC(=O)NC2=O)c2ccc(C3CCN(C(=O)Nc4cccc(CS(=O)(=O)N5CCC(Oc6cccc(-c7sc(C(=O)O)c(OCC(=O)O)c7Cl)c6)CC5)c4)CC3)cc21. The zero-order valence-corrected chi connectivity index (χ0v) is 37.4. The van der Waals surface area contributed by atoms with Gasteiger partial charge in [0.05, 0.1) is 21.7 Å². The Kier molecular flexibility index (Phi) is 13.1. The number of nitrogens with one attached hydrogen (secondary N) is 2. The number of imidazole rings is 1. The molecule has 2 aromatic heterocycles. The lowest BCUT2D eigenvalue weighted by Gasteiger charge is -2.32. The van der Waals surface area contributed by atoms with Crippen molar-refractivity contribution in [2.75, 3.05) is 38.1 Å². The van der Waals surface area contributed by atoms with Crippen molar-refractivity contribution < 1.29 is 52.1 Å². The molecule has 65 heavy (non-hydrogen) atoms. The number of aromatic nitrogens is 2. The molecule has 3 saturated heterocycles. The van der Waals surface area contributed by atoms with E-state index in [1.165, 1.54) is 13.4 Å². The van der Waals surface area contributed by atoms with E-state index in [4.69, 9.17) is 26.2 Å². The van der Waals surface area contributed by atoms with Gasteiger partial charge in [-0.3, -0.25) is 24.0 Å². The number of sulfonamides is 1. The Bertz CT molecular complexity index is 2880. The topological polar surface area (TPSA) is 236 Å². The fraction of sp³-hybridized carbons (Fsp3) is 0.364. The number of piperidine rings is 3. The first-order valence-corrected chi connectivity index (χ1v) is 23.7. The summed E-state index contributed by atoms with van der Waals surface area (Å²) in [5, 5.41) is 23.9. The largest absolute Gasteiger partial charge is 0.490 e. The Morgan fingerprint density at radius 2 is 1.65 bits per heavy atom. The molecule has 4 N–H and O–H groups in total. The molecule has 3 aliphatic rings. The van der Waals surface area contributed by atoms with Gasteiger partial charge in [0.15, 0.2) is 17.2 Å². The van der Waals surface area contributed by atoms with Crippen LogP contribution in [0.1, 0.15) is 71.3 Å². The standard InChI is InChI=1S/C44H45ClN6O12S2/c1-48-34-22-27(8-9-32(34)51(44(48)59)33-10-11-35(52)47-41(33)55)26-12-16-49(17-13-26)43(58)46-29-6-2-4-25(20-29)24-65(60,61)50-18-14-30(15-19-50)63-31-7-3-5-28(21-31)39-37(45)38(62-23-36(53)54)40(64-39)42(56)57/h2-9,20-22,26,30,33H,10-19,23-24H2,1H3,(H,46,58)(H,53,54)(H,56,57)(H,47,52,55). The number of hydrogen-bond donors (Lipinski definition) is 4. The van der Waals surface area contributed by atoms with E-state index in [1.54, 1.807) is 60.5 Å². The number of urea groups is 1. The second-order valence-corrected chi connectivity index (χ2v) is 19.6. The second kappa shape index (κ2) is 18.7. The average Bonchev–Trinajstić information content (AvgIpc) is 3.74. The van der Waals surface area contributed by atoms with Crippen molar-refractivity contribution in [2.45, 2.75) is 62.3 Å². The Morgan fingerprint density at radius 3 is 2.35 bits per heavy atom. The third-order valence-electron chi connectivity index (χ3n) is 12.0. The number of carboxylic acids is 2. The number of aryl methyl sites for hydroxylation is 1. The molecule has 8 rings (SSSR count). The molecule has 18 nitrogen and oxygen atoms in total. The van der Waals surface area contributed by atoms with Crippen LogP contribution < -0.4 is 25.8 Å². The molecule has 0 radical (unpaired) electrons. The van der Waals surface area contributed by atoms with Crippen molar-refractivity contribution in [3.05, 3.63) is 98.2 Å². The van der Waals surface area contributed by atoms with Crippen molar-refractivity contribution in [2.24, 2.45) is 7.05 Å². The first-order valence-electron chi connectivity index (χ1n) is 20.9. The van der Waals surface area contributed by atoms with Gasteiger partial charge >= 0.3 is 23.7 Å². The predicted molar refractivity (Wildman–Crippen MR) is 240 cm³/mol. The van der Waals surface area contributed by atoms with Gasteiger partial charge in [0.1, 0.15) is 22.9 Å². The quantitative estimate of drug-likeness (QED) is 0.105. The maximum atomic E-state index is 13.6. The number of imide groups is 1. The number of thiophene rings is 1. The van der Waals surface area contributed by atoms with Gasteiger partial charge in [-0.25, -0.2) is 31.9 Å². The number of ether oxygens (including phenoxy) is 2. The molecule has 3 fully saturated rings. The molecule has 1 unspecified atom stereocenters. The van der Waals surface area contributed by atoms with Gasteiger partial charge in [0.2, 0.25) is 21.8 Å². The van der Waals surface area contributed by atoms with Crippen LogP contribution in [0.2, 0.25) is 5.02 Å². The van der Waals surface area contributed by atoms with Crippen molar-refractivity contribution in [3.8, 4) is 21.9 Å². The van der Waals surface area contributed by atoms with Gasteiger partial charge in [-0.2, -0.15) is 0 Å². The first kappa shape index (κ1) is 45.4. The number of halogens is 1. The van der Waals surface area contributed by atoms with Gasteiger partial charge in [0.25, 0.3) is 0 Å². The number of carbonyl (C=O) groups is 5. The smallest absolute Gasteiger partial charge is 0.349 e. The highest BCUT2D eigenvalue weighted by Gasteiger charge is 2.33. The maximum Gasteiger partial charge on any atom is 0.349 e. The number of nitrogens with zero attached hydrogens (tertiary/aromatic N) is 4. The molecular formula is C44H45ClN6O12S2. The lowest BCUT2D eigenvalue weighted by Crippen LogP contribution is -2.44. The van der Waals surface area contributed by atoms with Gasteiger partial charge in [0, 0.05) is 45.3 Å². The molecule has 1 atom stereocenters. The molecular weight excluding hydrogens is 904 g/mol. The number of anilines is 1. The van der Waals surface area contributed by atoms with Crippen molar-refractivity contribution in [3.63, 3.8) is 0 Å². The summed E-state index contributed by atoms with van der Waals surface area (Å²) >= 11 is 7.31. The van der Waals surface area contributed by atoms with Crippen molar-refractivity contribution in [1.82, 2.24) is 23.7 Å². The van der Waals surface area contributed by atoms with Gasteiger partial charge in [-0.05, 0) is 91.1 Å². The zero-order valence-electron chi connectivity index (χ0n) is 35.0. The molecule has 5 aromatic rings. The Morgan fingerprint density at radius 1 is 0.908 bits per heavy atom. The van der Waals surface area contributed by atoms with E-state index in [9.17, 15) is 42.3 Å². The second-order valence-electron chi connectivity index (χ2n) is 16.2. The lowest BCUT2D eigenvalue weighted by atomic mass is 9.89. The number of fused-ring (bicyclic) bond motifs is 1. The first-order chi connectivity index (χ1) is 31.1. The van der Waals surface area contributed by atoms with Crippen molar-refractivity contribution >= 4 is 79.5 Å². The molecule has 4 amide bonds. The van der Waals surface area contributed by atoms with Crippen LogP contribution in [-0.2, 0) is 37.2 Å². The molecule has 0 spiro atoms. The molecule has 21 heteroatoms. The third-order valence-corrected chi connectivity index (χ3v) is 15.5. The number of carboxylic acid groups (broad SMARTS) is 2. The molecule has 0 saturated carbocycles. The van der Waals surface area contributed by atoms with Crippen LogP contribution in [0.4, 0.5) is 10.5 Å². The van der Waals surface area contributed by atoms with Crippen LogP contribution in [-0.4, -0.2) is 106 Å². The molecule has 3 aliphatic heterocycles. The van der Waals surface area contributed by atoms with E-state index in [2.05, 4.69) is 10.6 Å². The number of aliphatic carboxylic acids is 1. The summed E-state index contributed by atoms with van der Waals surface area (Å²) in [5.41, 5.74) is 3.51.